The van der Waals surface area contributed by atoms with E-state index in [1.807, 2.05) is 13.0 Å². The molecule has 1 aromatic carbocycles. The van der Waals surface area contributed by atoms with Crippen LogP contribution in [0.5, 0.6) is 5.75 Å². The summed E-state index contributed by atoms with van der Waals surface area (Å²) in [6.07, 6.45) is 2.74. The maximum Gasteiger partial charge on any atom is 0.268 e. The molecule has 0 amide bonds. The van der Waals surface area contributed by atoms with Gasteiger partial charge in [0, 0.05) is 6.20 Å². The molecular weight excluding hydrogens is 324 g/mol. The molecule has 5 nitrogen and oxygen atoms in total. The normalized spacial score (nSPS) is 10.3. The Morgan fingerprint density at radius 3 is 2.90 bits per heavy atom. The van der Waals surface area contributed by atoms with Crippen LogP contribution in [-0.4, -0.2) is 22.4 Å². The minimum atomic E-state index is -0.292. The van der Waals surface area contributed by atoms with Gasteiger partial charge in [0.1, 0.15) is 10.2 Å². The Labute approximate surface area is 124 Å². The Balaban J connectivity index is 2.33. The molecule has 104 valence electrons. The molecule has 0 aliphatic carbocycles. The summed E-state index contributed by atoms with van der Waals surface area (Å²) in [6, 6.07) is 5.32. The number of rotatable bonds is 4. The second kappa shape index (κ2) is 6.00. The first-order valence-electron chi connectivity index (χ1n) is 5.90. The van der Waals surface area contributed by atoms with Gasteiger partial charge in [0.15, 0.2) is 5.78 Å². The molecule has 20 heavy (non-hydrogen) atoms. The zero-order chi connectivity index (χ0) is 14.7. The van der Waals surface area contributed by atoms with Crippen molar-refractivity contribution in [2.45, 2.75) is 13.5 Å². The minimum Gasteiger partial charge on any atom is -0.496 e. The molecule has 0 fully saturated rings. The van der Waals surface area contributed by atoms with Crippen molar-refractivity contribution in [2.24, 2.45) is 0 Å². The molecule has 0 radical (unpaired) electrons. The first-order chi connectivity index (χ1) is 9.52. The minimum absolute atomic E-state index is 0.0787. The number of carbonyl (C=O) groups excluding carboxylic acids is 1. The molecule has 2 aromatic rings. The van der Waals surface area contributed by atoms with E-state index in [1.54, 1.807) is 12.1 Å². The van der Waals surface area contributed by atoms with Crippen LogP contribution in [-0.2, 0) is 6.54 Å². The number of carbonyl (C=O) groups is 1. The second-order valence-corrected chi connectivity index (χ2v) is 5.16. The number of aromatic nitrogens is 2. The summed E-state index contributed by atoms with van der Waals surface area (Å²) >= 11 is 3.10. The summed E-state index contributed by atoms with van der Waals surface area (Å²) < 4.78 is 6.78. The standard InChI is InChI=1S/C14H13BrN2O3/c1-9-3-4-10(13(5-9)20-2)12(18)7-17-8-16-6-11(15)14(17)19/h3-6,8H,7H2,1-2H3. The number of halogens is 1. The molecule has 0 N–H and O–H groups in total. The van der Waals surface area contributed by atoms with Crippen molar-refractivity contribution in [3.63, 3.8) is 0 Å². The van der Waals surface area contributed by atoms with Gasteiger partial charge >= 0.3 is 0 Å². The fraction of sp³-hybridized carbons (Fsp3) is 0.214. The lowest BCUT2D eigenvalue weighted by Crippen LogP contribution is -2.25. The summed E-state index contributed by atoms with van der Waals surface area (Å²) in [4.78, 5) is 28.0. The first kappa shape index (κ1) is 14.5. The molecule has 0 bridgehead atoms. The first-order valence-corrected chi connectivity index (χ1v) is 6.70. The maximum atomic E-state index is 12.3. The molecular formula is C14H13BrN2O3. The third kappa shape index (κ3) is 2.96. The molecule has 0 atom stereocenters. The van der Waals surface area contributed by atoms with Gasteiger partial charge in [0.05, 0.1) is 25.5 Å². The fourth-order valence-corrected chi connectivity index (χ4v) is 2.15. The summed E-state index contributed by atoms with van der Waals surface area (Å²) in [5.74, 6) is 0.301. The van der Waals surface area contributed by atoms with Crippen molar-refractivity contribution in [3.8, 4) is 5.75 Å². The van der Waals surface area contributed by atoms with Crippen LogP contribution in [0.2, 0.25) is 0 Å². The summed E-state index contributed by atoms with van der Waals surface area (Å²) in [7, 11) is 1.51. The fourth-order valence-electron chi connectivity index (χ4n) is 1.81. The Hall–Kier alpha value is -1.95. The topological polar surface area (TPSA) is 61.2 Å². The van der Waals surface area contributed by atoms with Gasteiger partial charge in [-0.15, -0.1) is 0 Å². The average molecular weight is 337 g/mol. The van der Waals surface area contributed by atoms with Crippen LogP contribution in [0.25, 0.3) is 0 Å². The average Bonchev–Trinajstić information content (AvgIpc) is 2.43. The van der Waals surface area contributed by atoms with E-state index in [9.17, 15) is 9.59 Å². The van der Waals surface area contributed by atoms with E-state index in [2.05, 4.69) is 20.9 Å². The van der Waals surface area contributed by atoms with Gasteiger partial charge in [-0.05, 0) is 40.5 Å². The predicted molar refractivity (Wildman–Crippen MR) is 78.3 cm³/mol. The van der Waals surface area contributed by atoms with E-state index in [4.69, 9.17) is 4.74 Å². The number of nitrogens with zero attached hydrogens (tertiary/aromatic N) is 2. The molecule has 0 spiro atoms. The highest BCUT2D eigenvalue weighted by atomic mass is 79.9. The van der Waals surface area contributed by atoms with Crippen molar-refractivity contribution >= 4 is 21.7 Å². The van der Waals surface area contributed by atoms with Crippen LogP contribution in [0.1, 0.15) is 15.9 Å². The predicted octanol–water partition coefficient (Wildman–Crippen LogP) is 2.21. The van der Waals surface area contributed by atoms with Crippen molar-refractivity contribution in [1.29, 1.82) is 0 Å². The Morgan fingerprint density at radius 2 is 2.20 bits per heavy atom. The highest BCUT2D eigenvalue weighted by Crippen LogP contribution is 2.20. The van der Waals surface area contributed by atoms with Gasteiger partial charge in [-0.25, -0.2) is 4.98 Å². The number of ether oxygens (including phenoxy) is 1. The third-order valence-corrected chi connectivity index (χ3v) is 3.37. The van der Waals surface area contributed by atoms with Gasteiger partial charge in [0.25, 0.3) is 5.56 Å². The highest BCUT2D eigenvalue weighted by Gasteiger charge is 2.14. The van der Waals surface area contributed by atoms with E-state index in [0.717, 1.165) is 5.56 Å². The third-order valence-electron chi connectivity index (χ3n) is 2.83. The number of ketones is 1. The van der Waals surface area contributed by atoms with Crippen molar-refractivity contribution in [3.05, 3.63) is 56.7 Å². The maximum absolute atomic E-state index is 12.3. The van der Waals surface area contributed by atoms with Crippen LogP contribution in [0.15, 0.2) is 40.0 Å². The number of benzene rings is 1. The molecule has 6 heteroatoms. The van der Waals surface area contributed by atoms with E-state index in [-0.39, 0.29) is 17.9 Å². The quantitative estimate of drug-likeness (QED) is 0.803. The van der Waals surface area contributed by atoms with E-state index >= 15 is 0 Å². The molecule has 0 unspecified atom stereocenters. The molecule has 2 rings (SSSR count). The van der Waals surface area contributed by atoms with Gasteiger partial charge in [-0.2, -0.15) is 0 Å². The Morgan fingerprint density at radius 1 is 1.45 bits per heavy atom. The number of hydrogen-bond donors (Lipinski definition) is 0. The molecule has 0 saturated heterocycles. The van der Waals surface area contributed by atoms with Crippen molar-refractivity contribution in [1.82, 2.24) is 9.55 Å². The lowest BCUT2D eigenvalue weighted by atomic mass is 10.1. The summed E-state index contributed by atoms with van der Waals surface area (Å²) in [6.45, 7) is 1.84. The number of aryl methyl sites for hydroxylation is 1. The van der Waals surface area contributed by atoms with Crippen LogP contribution < -0.4 is 10.3 Å². The molecule has 1 aromatic heterocycles. The van der Waals surface area contributed by atoms with Crippen LogP contribution in [0, 0.1) is 6.92 Å². The second-order valence-electron chi connectivity index (χ2n) is 4.30. The van der Waals surface area contributed by atoms with Gasteiger partial charge in [-0.3, -0.25) is 14.2 Å². The zero-order valence-corrected chi connectivity index (χ0v) is 12.7. The van der Waals surface area contributed by atoms with Crippen LogP contribution >= 0.6 is 15.9 Å². The lowest BCUT2D eigenvalue weighted by Gasteiger charge is -2.09. The number of hydrogen-bond acceptors (Lipinski definition) is 4. The van der Waals surface area contributed by atoms with Crippen molar-refractivity contribution in [2.75, 3.05) is 7.11 Å². The smallest absolute Gasteiger partial charge is 0.268 e. The van der Waals surface area contributed by atoms with Gasteiger partial charge in [0.2, 0.25) is 0 Å². The van der Waals surface area contributed by atoms with Crippen LogP contribution in [0.3, 0.4) is 0 Å². The largest absolute Gasteiger partial charge is 0.496 e. The molecule has 0 aliphatic rings. The molecule has 1 heterocycles. The number of methoxy groups -OCH3 is 1. The van der Waals surface area contributed by atoms with Gasteiger partial charge < -0.3 is 4.74 Å². The Bertz CT molecular complexity index is 710. The van der Waals surface area contributed by atoms with E-state index in [1.165, 1.54) is 24.2 Å². The number of Topliss-reactive ketones (excluding diaryl/α,β-unsaturated/α-hetero) is 1. The van der Waals surface area contributed by atoms with Gasteiger partial charge in [-0.1, -0.05) is 6.07 Å². The summed E-state index contributed by atoms with van der Waals surface area (Å²) in [5, 5.41) is 0. The molecule has 0 saturated carbocycles. The zero-order valence-electron chi connectivity index (χ0n) is 11.1. The van der Waals surface area contributed by atoms with Crippen molar-refractivity contribution < 1.29 is 9.53 Å². The monoisotopic (exact) mass is 336 g/mol. The van der Waals surface area contributed by atoms with E-state index < -0.39 is 0 Å². The Kier molecular flexibility index (Phi) is 4.34. The lowest BCUT2D eigenvalue weighted by molar-refractivity contribution is 0.0967. The van der Waals surface area contributed by atoms with E-state index in [0.29, 0.717) is 15.8 Å². The SMILES string of the molecule is COc1cc(C)ccc1C(=O)Cn1cncc(Br)c1=O. The molecule has 0 aliphatic heterocycles. The van der Waals surface area contributed by atoms with Crippen LogP contribution in [0.4, 0.5) is 0 Å². The summed E-state index contributed by atoms with van der Waals surface area (Å²) in [5.41, 5.74) is 1.16. The highest BCUT2D eigenvalue weighted by molar-refractivity contribution is 9.10.